The quantitative estimate of drug-likeness (QED) is 0.139. The van der Waals surface area contributed by atoms with E-state index in [1.54, 1.807) is 4.57 Å². The van der Waals surface area contributed by atoms with E-state index in [-0.39, 0.29) is 18.7 Å². The van der Waals surface area contributed by atoms with Gasteiger partial charge in [0.05, 0.1) is 15.9 Å². The highest BCUT2D eigenvalue weighted by molar-refractivity contribution is 7.99. The Balaban J connectivity index is 1.95. The summed E-state index contributed by atoms with van der Waals surface area (Å²) in [5.41, 5.74) is 0.976. The zero-order valence-electron chi connectivity index (χ0n) is 19.4. The zero-order valence-corrected chi connectivity index (χ0v) is 22.9. The number of hydrogen-bond donors (Lipinski definition) is 4. The van der Waals surface area contributed by atoms with Crippen LogP contribution in [0.1, 0.15) is 12.0 Å². The van der Waals surface area contributed by atoms with E-state index in [4.69, 9.17) is 12.6 Å². The summed E-state index contributed by atoms with van der Waals surface area (Å²) in [6.07, 6.45) is 2.50. The Bertz CT molecular complexity index is 1470. The van der Waals surface area contributed by atoms with Gasteiger partial charge in [0.15, 0.2) is 0 Å². The van der Waals surface area contributed by atoms with Crippen molar-refractivity contribution in [2.45, 2.75) is 29.3 Å². The second kappa shape index (κ2) is 11.1. The molecular formula is C25H29N3O3S4. The minimum Gasteiger partial charge on any atom is -0.396 e. The molecule has 1 N–H and O–H groups in total. The summed E-state index contributed by atoms with van der Waals surface area (Å²) >= 11 is 15.1. The molecule has 6 nitrogen and oxygen atoms in total. The Morgan fingerprint density at radius 2 is 1.77 bits per heavy atom. The van der Waals surface area contributed by atoms with Crippen LogP contribution in [0.3, 0.4) is 0 Å². The van der Waals surface area contributed by atoms with Crippen LogP contribution >= 0.6 is 49.6 Å². The van der Waals surface area contributed by atoms with Gasteiger partial charge in [0.25, 0.3) is 5.56 Å². The van der Waals surface area contributed by atoms with Gasteiger partial charge in [-0.05, 0) is 22.8 Å². The minimum absolute atomic E-state index is 0.0732. The number of aromatic nitrogens is 3. The summed E-state index contributed by atoms with van der Waals surface area (Å²) in [4.78, 5) is 26.6. The van der Waals surface area contributed by atoms with E-state index in [1.807, 2.05) is 29.0 Å². The normalized spacial score (nSPS) is 12.1. The van der Waals surface area contributed by atoms with Gasteiger partial charge >= 0.3 is 5.69 Å². The molecule has 2 aromatic carbocycles. The van der Waals surface area contributed by atoms with E-state index >= 15 is 0 Å². The molecule has 0 bridgehead atoms. The summed E-state index contributed by atoms with van der Waals surface area (Å²) < 4.78 is 4.20. The van der Waals surface area contributed by atoms with Crippen molar-refractivity contribution in [1.29, 1.82) is 0 Å². The van der Waals surface area contributed by atoms with Gasteiger partial charge in [-0.15, -0.1) is 11.8 Å². The first-order chi connectivity index (χ1) is 16.8. The number of fused-ring (bicyclic) bond motifs is 2. The van der Waals surface area contributed by atoms with Crippen molar-refractivity contribution >= 4 is 71.3 Å². The molecule has 0 unspecified atom stereocenters. The van der Waals surface area contributed by atoms with Crippen LogP contribution in [0.25, 0.3) is 21.7 Å². The monoisotopic (exact) mass is 547 g/mol. The first kappa shape index (κ1) is 26.3. The number of thioether (sulfide) groups is 1. The van der Waals surface area contributed by atoms with Crippen LogP contribution in [0.5, 0.6) is 0 Å². The van der Waals surface area contributed by atoms with E-state index in [1.165, 1.54) is 18.8 Å². The van der Waals surface area contributed by atoms with Crippen molar-refractivity contribution in [3.63, 3.8) is 0 Å². The number of thiol groups is 3. The molecule has 0 atom stereocenters. The molecule has 0 saturated heterocycles. The largest absolute Gasteiger partial charge is 0.396 e. The van der Waals surface area contributed by atoms with E-state index in [9.17, 15) is 14.7 Å². The van der Waals surface area contributed by atoms with Crippen molar-refractivity contribution in [2.75, 3.05) is 23.9 Å². The molecule has 0 amide bonds. The maximum Gasteiger partial charge on any atom is 0.331 e. The van der Waals surface area contributed by atoms with Crippen LogP contribution in [0.4, 0.5) is 0 Å². The third-order valence-electron chi connectivity index (χ3n) is 6.14. The van der Waals surface area contributed by atoms with E-state index < -0.39 is 10.4 Å². The average Bonchev–Trinajstić information content (AvgIpc) is 3.23. The predicted molar refractivity (Wildman–Crippen MR) is 156 cm³/mol. The topological polar surface area (TPSA) is 69.2 Å². The van der Waals surface area contributed by atoms with Gasteiger partial charge in [-0.25, -0.2) is 4.79 Å². The molecule has 0 aliphatic carbocycles. The van der Waals surface area contributed by atoms with E-state index in [0.29, 0.717) is 41.1 Å². The molecule has 0 saturated carbocycles. The maximum atomic E-state index is 13.4. The molecule has 0 spiro atoms. The van der Waals surface area contributed by atoms with Gasteiger partial charge in [-0.1, -0.05) is 42.5 Å². The summed E-state index contributed by atoms with van der Waals surface area (Å²) in [6.45, 7) is 0.884. The highest BCUT2D eigenvalue weighted by Gasteiger charge is 2.27. The van der Waals surface area contributed by atoms with Crippen LogP contribution in [0, 0.1) is 0 Å². The summed E-state index contributed by atoms with van der Waals surface area (Å²) in [7, 11) is 1.51. The third kappa shape index (κ3) is 5.22. The molecule has 35 heavy (non-hydrogen) atoms. The Hall–Kier alpha value is -1.72. The summed E-state index contributed by atoms with van der Waals surface area (Å²) in [6, 6.07) is 14.4. The molecule has 4 rings (SSSR count). The van der Waals surface area contributed by atoms with Crippen LogP contribution in [-0.4, -0.2) is 47.4 Å². The summed E-state index contributed by atoms with van der Waals surface area (Å²) in [5, 5.41) is 12.9. The molecule has 0 radical (unpaired) electrons. The highest BCUT2D eigenvalue weighted by atomic mass is 32.2. The second-order valence-electron chi connectivity index (χ2n) is 8.66. The van der Waals surface area contributed by atoms with Crippen molar-refractivity contribution in [2.24, 2.45) is 7.05 Å². The minimum atomic E-state index is -0.623. The van der Waals surface area contributed by atoms with Gasteiger partial charge in [0.1, 0.15) is 0 Å². The Morgan fingerprint density at radius 3 is 2.49 bits per heavy atom. The third-order valence-corrected chi connectivity index (χ3v) is 9.51. The second-order valence-corrected chi connectivity index (χ2v) is 11.3. The first-order valence-corrected chi connectivity index (χ1v) is 14.0. The fourth-order valence-electron chi connectivity index (χ4n) is 4.19. The van der Waals surface area contributed by atoms with Gasteiger partial charge < -0.3 is 9.67 Å². The Kier molecular flexibility index (Phi) is 8.38. The van der Waals surface area contributed by atoms with Gasteiger partial charge in [-0.2, -0.15) is 37.9 Å². The van der Waals surface area contributed by atoms with Crippen LogP contribution < -0.4 is 11.2 Å². The van der Waals surface area contributed by atoms with Gasteiger partial charge in [0, 0.05) is 54.9 Å². The van der Waals surface area contributed by atoms with Crippen molar-refractivity contribution < 1.29 is 5.11 Å². The lowest BCUT2D eigenvalue weighted by molar-refractivity contribution is 0.296. The molecule has 10 heteroatoms. The molecule has 0 aliphatic heterocycles. The molecular weight excluding hydrogens is 519 g/mol. The van der Waals surface area contributed by atoms with E-state index in [2.05, 4.69) is 49.5 Å². The predicted octanol–water partition coefficient (Wildman–Crippen LogP) is 3.71. The lowest BCUT2D eigenvalue weighted by Crippen LogP contribution is -2.43. The van der Waals surface area contributed by atoms with Crippen LogP contribution in [-0.2, 0) is 20.1 Å². The lowest BCUT2D eigenvalue weighted by atomic mass is 10.0. The maximum absolute atomic E-state index is 13.4. The standard InChI is InChI=1S/C25H29N3O3S4/c1-26-22(30)21-20(28(24(26)31)14-25(34,15-32)16-33)13-27(23(21)35-11-5-10-29)12-18-8-4-7-17-6-2-3-9-19(17)18/h2-4,6-9,13,29,32-34H,5,10-12,14-16H2,1H3. The number of aliphatic hydroxyl groups is 1. The fourth-order valence-corrected chi connectivity index (χ4v) is 6.01. The van der Waals surface area contributed by atoms with Crippen LogP contribution in [0.15, 0.2) is 63.3 Å². The molecule has 2 heterocycles. The van der Waals surface area contributed by atoms with Crippen molar-refractivity contribution in [3.8, 4) is 0 Å². The fraction of sp³-hybridized carbons (Fsp3) is 0.360. The number of benzene rings is 2. The molecule has 4 aromatic rings. The van der Waals surface area contributed by atoms with Crippen molar-refractivity contribution in [1.82, 2.24) is 13.7 Å². The number of hydrogen-bond acceptors (Lipinski definition) is 7. The Labute approximate surface area is 224 Å². The van der Waals surface area contributed by atoms with Crippen LogP contribution in [0.2, 0.25) is 0 Å². The zero-order chi connectivity index (χ0) is 25.2. The SMILES string of the molecule is Cn1c(=O)c2c(SCCCO)n(Cc3cccc4ccccc34)cc2n(CC(S)(CS)CS)c1=O. The highest BCUT2D eigenvalue weighted by Crippen LogP contribution is 2.31. The molecule has 2 aromatic heterocycles. The van der Waals surface area contributed by atoms with E-state index in [0.717, 1.165) is 25.9 Å². The number of aliphatic hydroxyl groups excluding tert-OH is 1. The Morgan fingerprint density at radius 1 is 1.06 bits per heavy atom. The lowest BCUT2D eigenvalue weighted by Gasteiger charge is -2.26. The van der Waals surface area contributed by atoms with Gasteiger partial charge in [0.2, 0.25) is 0 Å². The number of nitrogens with zero attached hydrogens (tertiary/aromatic N) is 3. The van der Waals surface area contributed by atoms with Crippen molar-refractivity contribution in [3.05, 3.63) is 75.1 Å². The summed E-state index contributed by atoms with van der Waals surface area (Å²) in [5.74, 6) is 1.49. The van der Waals surface area contributed by atoms with Gasteiger partial charge in [-0.3, -0.25) is 13.9 Å². The molecule has 186 valence electrons. The number of rotatable bonds is 10. The molecule has 0 aliphatic rings. The molecule has 0 fully saturated rings. The smallest absolute Gasteiger partial charge is 0.331 e. The first-order valence-electron chi connectivity index (χ1n) is 11.3. The average molecular weight is 548 g/mol.